The number of fused-ring (bicyclic) bond motifs is 3. The second kappa shape index (κ2) is 11.0. The highest BCUT2D eigenvalue weighted by atomic mass is 32.2. The molecule has 0 spiro atoms. The molecule has 1 aliphatic heterocycles. The van der Waals surface area contributed by atoms with Crippen molar-refractivity contribution < 1.29 is 22.7 Å². The van der Waals surface area contributed by atoms with Crippen molar-refractivity contribution in [1.82, 2.24) is 15.1 Å². The molecule has 1 N–H and O–H groups in total. The summed E-state index contributed by atoms with van der Waals surface area (Å²) in [6.07, 6.45) is 5.72. The molecule has 1 saturated heterocycles. The third kappa shape index (κ3) is 5.90. The molecule has 9 heteroatoms. The van der Waals surface area contributed by atoms with E-state index >= 15 is 0 Å². The first-order valence-corrected chi connectivity index (χ1v) is 14.4. The summed E-state index contributed by atoms with van der Waals surface area (Å²) in [6, 6.07) is 12.6. The summed E-state index contributed by atoms with van der Waals surface area (Å²) in [5, 5.41) is 2.93. The van der Waals surface area contributed by atoms with Gasteiger partial charge < -0.3 is 15.0 Å². The second-order valence-corrected chi connectivity index (χ2v) is 11.9. The minimum atomic E-state index is -3.27. The van der Waals surface area contributed by atoms with Crippen LogP contribution in [0.2, 0.25) is 0 Å². The van der Waals surface area contributed by atoms with E-state index in [0.717, 1.165) is 51.4 Å². The molecule has 2 amide bonds. The predicted molar refractivity (Wildman–Crippen MR) is 138 cm³/mol. The van der Waals surface area contributed by atoms with E-state index in [2.05, 4.69) is 16.3 Å². The van der Waals surface area contributed by atoms with E-state index in [4.69, 9.17) is 4.74 Å². The lowest BCUT2D eigenvalue weighted by Crippen LogP contribution is -2.36. The average Bonchev–Trinajstić information content (AvgIpc) is 3.27. The lowest BCUT2D eigenvalue weighted by molar-refractivity contribution is 0.0952. The van der Waals surface area contributed by atoms with Crippen molar-refractivity contribution in [3.8, 4) is 5.75 Å². The van der Waals surface area contributed by atoms with E-state index in [0.29, 0.717) is 29.8 Å². The number of amides is 2. The van der Waals surface area contributed by atoms with Crippen LogP contribution < -0.4 is 10.1 Å². The Hall–Kier alpha value is -2.91. The summed E-state index contributed by atoms with van der Waals surface area (Å²) in [6.45, 7) is 2.62. The highest BCUT2D eigenvalue weighted by molar-refractivity contribution is 7.90. The van der Waals surface area contributed by atoms with Gasteiger partial charge in [-0.3, -0.25) is 9.69 Å². The Balaban J connectivity index is 1.25. The van der Waals surface area contributed by atoms with E-state index in [9.17, 15) is 18.0 Å². The fourth-order valence-electron chi connectivity index (χ4n) is 5.31. The fourth-order valence-corrected chi connectivity index (χ4v) is 5.94. The monoisotopic (exact) mass is 513 g/mol. The third-order valence-electron chi connectivity index (χ3n) is 7.18. The van der Waals surface area contributed by atoms with Gasteiger partial charge in [-0.1, -0.05) is 12.1 Å². The number of hydrogen-bond donors (Lipinski definition) is 1. The van der Waals surface area contributed by atoms with Crippen LogP contribution in [0.3, 0.4) is 0 Å². The van der Waals surface area contributed by atoms with Gasteiger partial charge in [0.25, 0.3) is 5.91 Å². The smallest absolute Gasteiger partial charge is 0.410 e. The summed E-state index contributed by atoms with van der Waals surface area (Å²) in [7, 11) is 0.102. The molecule has 1 fully saturated rings. The molecular formula is C27H35N3O5S. The van der Waals surface area contributed by atoms with Crippen LogP contribution in [-0.4, -0.2) is 76.2 Å². The molecule has 0 aromatic heterocycles. The minimum absolute atomic E-state index is 0.189. The Labute approximate surface area is 213 Å². The Morgan fingerprint density at radius 2 is 1.83 bits per heavy atom. The Morgan fingerprint density at radius 3 is 2.53 bits per heavy atom. The molecule has 4 rings (SSSR count). The summed E-state index contributed by atoms with van der Waals surface area (Å²) in [5.74, 6) is 0.956. The number of carbonyl (C=O) groups excluding carboxylic acids is 2. The molecule has 2 aromatic carbocycles. The van der Waals surface area contributed by atoms with Gasteiger partial charge in [-0.2, -0.15) is 0 Å². The number of nitrogens with one attached hydrogen (secondary N) is 1. The first-order chi connectivity index (χ1) is 17.1. The van der Waals surface area contributed by atoms with E-state index < -0.39 is 9.84 Å². The van der Waals surface area contributed by atoms with Gasteiger partial charge in [-0.05, 0) is 86.7 Å². The zero-order valence-electron chi connectivity index (χ0n) is 21.2. The molecule has 0 bridgehead atoms. The maximum absolute atomic E-state index is 12.4. The number of nitrogens with zero attached hydrogens (tertiary/aromatic N) is 2. The van der Waals surface area contributed by atoms with Crippen molar-refractivity contribution in [1.29, 1.82) is 0 Å². The molecule has 0 unspecified atom stereocenters. The number of rotatable bonds is 8. The van der Waals surface area contributed by atoms with Crippen molar-refractivity contribution in [2.45, 2.75) is 49.0 Å². The maximum atomic E-state index is 12.4. The van der Waals surface area contributed by atoms with Gasteiger partial charge in [0.2, 0.25) is 0 Å². The van der Waals surface area contributed by atoms with Crippen LogP contribution >= 0.6 is 0 Å². The van der Waals surface area contributed by atoms with Gasteiger partial charge >= 0.3 is 6.09 Å². The minimum Gasteiger partial charge on any atom is -0.410 e. The van der Waals surface area contributed by atoms with Gasteiger partial charge in [0, 0.05) is 44.4 Å². The molecule has 0 saturated carbocycles. The van der Waals surface area contributed by atoms with Crippen LogP contribution in [0.5, 0.6) is 5.75 Å². The van der Waals surface area contributed by atoms with Gasteiger partial charge in [0.05, 0.1) is 4.90 Å². The van der Waals surface area contributed by atoms with Crippen molar-refractivity contribution >= 4 is 21.8 Å². The Morgan fingerprint density at radius 1 is 1.08 bits per heavy atom. The SMILES string of the molecule is CN(C)C(=O)Oc1cccc2c1CC[C@@H]1[C@H]2CCN1CCCCNC(=O)c1ccc(S(C)(=O)=O)cc1. The zero-order valence-corrected chi connectivity index (χ0v) is 22.0. The number of carbonyl (C=O) groups is 2. The van der Waals surface area contributed by atoms with Crippen LogP contribution in [0.1, 0.15) is 53.1 Å². The lowest BCUT2D eigenvalue weighted by Gasteiger charge is -2.34. The van der Waals surface area contributed by atoms with Crippen LogP contribution in [0.25, 0.3) is 0 Å². The number of likely N-dealkylation sites (tertiary alicyclic amines) is 1. The van der Waals surface area contributed by atoms with Crippen LogP contribution in [0.4, 0.5) is 4.79 Å². The summed E-state index contributed by atoms with van der Waals surface area (Å²) < 4.78 is 28.8. The summed E-state index contributed by atoms with van der Waals surface area (Å²) in [4.78, 5) is 28.6. The predicted octanol–water partition coefficient (Wildman–Crippen LogP) is 3.46. The number of benzene rings is 2. The van der Waals surface area contributed by atoms with Crippen molar-refractivity contribution in [2.24, 2.45) is 0 Å². The second-order valence-electron chi connectivity index (χ2n) is 9.88. The van der Waals surface area contributed by atoms with E-state index in [1.54, 1.807) is 26.2 Å². The van der Waals surface area contributed by atoms with Gasteiger partial charge in [-0.25, -0.2) is 13.2 Å². The number of sulfone groups is 1. The highest BCUT2D eigenvalue weighted by Gasteiger charge is 2.39. The third-order valence-corrected chi connectivity index (χ3v) is 8.31. The van der Waals surface area contributed by atoms with Gasteiger partial charge in [0.15, 0.2) is 9.84 Å². The van der Waals surface area contributed by atoms with Crippen LogP contribution in [0.15, 0.2) is 47.4 Å². The number of ether oxygens (including phenoxy) is 1. The Bertz CT molecular complexity index is 1210. The number of hydrogen-bond acceptors (Lipinski definition) is 6. The number of unbranched alkanes of at least 4 members (excludes halogenated alkanes) is 1. The van der Waals surface area contributed by atoms with E-state index in [1.165, 1.54) is 28.2 Å². The standard InChI is InChI=1S/C27H35N3O5S/c1-29(2)27(32)35-25-8-6-7-21-22-15-18-30(24(22)14-13-23(21)25)17-5-4-16-28-26(31)19-9-11-20(12-10-19)36(3,33)34/h6-12,22,24H,4-5,13-18H2,1-3H3,(H,28,31)/t22-,24+/m0/s1. The lowest BCUT2D eigenvalue weighted by atomic mass is 9.79. The molecule has 2 aromatic rings. The molecule has 2 atom stereocenters. The molecule has 2 aliphatic rings. The van der Waals surface area contributed by atoms with Gasteiger partial charge in [0.1, 0.15) is 5.75 Å². The topological polar surface area (TPSA) is 96.0 Å². The fraction of sp³-hybridized carbons (Fsp3) is 0.481. The quantitative estimate of drug-likeness (QED) is 0.543. The summed E-state index contributed by atoms with van der Waals surface area (Å²) in [5.41, 5.74) is 2.94. The first-order valence-electron chi connectivity index (χ1n) is 12.5. The highest BCUT2D eigenvalue weighted by Crippen LogP contribution is 2.44. The van der Waals surface area contributed by atoms with Crippen molar-refractivity contribution in [3.05, 3.63) is 59.2 Å². The molecule has 194 valence electrons. The van der Waals surface area contributed by atoms with Crippen LogP contribution in [-0.2, 0) is 16.3 Å². The average molecular weight is 514 g/mol. The first kappa shape index (κ1) is 26.2. The van der Waals surface area contributed by atoms with Crippen molar-refractivity contribution in [2.75, 3.05) is 40.0 Å². The molecule has 1 heterocycles. The molecule has 0 radical (unpaired) electrons. The summed E-state index contributed by atoms with van der Waals surface area (Å²) >= 11 is 0. The maximum Gasteiger partial charge on any atom is 0.414 e. The van der Waals surface area contributed by atoms with E-state index in [-0.39, 0.29) is 16.9 Å². The molecule has 8 nitrogen and oxygen atoms in total. The largest absolute Gasteiger partial charge is 0.414 e. The van der Waals surface area contributed by atoms with Crippen molar-refractivity contribution in [3.63, 3.8) is 0 Å². The van der Waals surface area contributed by atoms with Gasteiger partial charge in [-0.15, -0.1) is 0 Å². The van der Waals surface area contributed by atoms with Crippen LogP contribution in [0, 0.1) is 0 Å². The molecule has 1 aliphatic carbocycles. The molecular weight excluding hydrogens is 478 g/mol. The Kier molecular flexibility index (Phi) is 8.00. The normalized spacial score (nSPS) is 19.3. The zero-order chi connectivity index (χ0) is 25.9. The molecule has 36 heavy (non-hydrogen) atoms. The van der Waals surface area contributed by atoms with E-state index in [1.807, 2.05) is 12.1 Å².